The number of rotatable bonds is 7. The standard InChI is InChI=1S/C14H29NO/c1-6-14(5,10-15-13(2,3)4)11-16-9-12-7-8-12/h12,15H,6-11H2,1-5H3. The average molecular weight is 227 g/mol. The number of nitrogens with one attached hydrogen (secondary N) is 1. The van der Waals surface area contributed by atoms with Crippen LogP contribution in [0.5, 0.6) is 0 Å². The van der Waals surface area contributed by atoms with Crippen molar-refractivity contribution in [3.8, 4) is 0 Å². The third-order valence-electron chi connectivity index (χ3n) is 3.40. The van der Waals surface area contributed by atoms with Gasteiger partial charge in [0, 0.05) is 24.1 Å². The van der Waals surface area contributed by atoms with Crippen molar-refractivity contribution in [2.24, 2.45) is 11.3 Å². The molecule has 0 aromatic rings. The molecule has 1 fully saturated rings. The van der Waals surface area contributed by atoms with Gasteiger partial charge in [-0.25, -0.2) is 0 Å². The van der Waals surface area contributed by atoms with Gasteiger partial charge in [0.1, 0.15) is 0 Å². The van der Waals surface area contributed by atoms with E-state index < -0.39 is 0 Å². The lowest BCUT2D eigenvalue weighted by molar-refractivity contribution is 0.0414. The van der Waals surface area contributed by atoms with Crippen LogP contribution in [0.15, 0.2) is 0 Å². The lowest BCUT2D eigenvalue weighted by Gasteiger charge is -2.32. The summed E-state index contributed by atoms with van der Waals surface area (Å²) in [5.74, 6) is 0.872. The van der Waals surface area contributed by atoms with Gasteiger partial charge in [-0.2, -0.15) is 0 Å². The van der Waals surface area contributed by atoms with Crippen LogP contribution in [0, 0.1) is 11.3 Å². The highest BCUT2D eigenvalue weighted by molar-refractivity contribution is 4.81. The molecule has 96 valence electrons. The molecular formula is C14H29NO. The van der Waals surface area contributed by atoms with Crippen LogP contribution in [0.1, 0.15) is 53.9 Å². The second-order valence-electron chi connectivity index (χ2n) is 6.73. The maximum Gasteiger partial charge on any atom is 0.0531 e. The fourth-order valence-corrected chi connectivity index (χ4v) is 1.51. The van der Waals surface area contributed by atoms with Crippen molar-refractivity contribution in [3.63, 3.8) is 0 Å². The zero-order chi connectivity index (χ0) is 12.2. The Bertz CT molecular complexity index is 205. The summed E-state index contributed by atoms with van der Waals surface area (Å²) in [4.78, 5) is 0. The van der Waals surface area contributed by atoms with Gasteiger partial charge in [-0.1, -0.05) is 13.8 Å². The van der Waals surface area contributed by atoms with Gasteiger partial charge in [0.25, 0.3) is 0 Å². The van der Waals surface area contributed by atoms with Crippen LogP contribution in [-0.4, -0.2) is 25.3 Å². The zero-order valence-corrected chi connectivity index (χ0v) is 11.7. The van der Waals surface area contributed by atoms with Crippen molar-refractivity contribution < 1.29 is 4.74 Å². The first-order valence-corrected chi connectivity index (χ1v) is 6.67. The quantitative estimate of drug-likeness (QED) is 0.721. The fourth-order valence-electron chi connectivity index (χ4n) is 1.51. The van der Waals surface area contributed by atoms with Gasteiger partial charge in [-0.05, 0) is 46.0 Å². The lowest BCUT2D eigenvalue weighted by atomic mass is 9.87. The van der Waals surface area contributed by atoms with Crippen molar-refractivity contribution in [2.45, 2.75) is 59.4 Å². The van der Waals surface area contributed by atoms with Gasteiger partial charge >= 0.3 is 0 Å². The highest BCUT2D eigenvalue weighted by atomic mass is 16.5. The molecule has 2 heteroatoms. The third kappa shape index (κ3) is 5.86. The van der Waals surface area contributed by atoms with E-state index in [1.165, 1.54) is 19.3 Å². The highest BCUT2D eigenvalue weighted by Gasteiger charge is 2.27. The predicted molar refractivity (Wildman–Crippen MR) is 69.7 cm³/mol. The Labute approximate surface area is 101 Å². The molecule has 0 spiro atoms. The van der Waals surface area contributed by atoms with E-state index in [0.29, 0.717) is 0 Å². The van der Waals surface area contributed by atoms with E-state index in [1.54, 1.807) is 0 Å². The van der Waals surface area contributed by atoms with E-state index in [0.717, 1.165) is 25.7 Å². The molecule has 0 aliphatic heterocycles. The van der Waals surface area contributed by atoms with Crippen LogP contribution in [0.2, 0.25) is 0 Å². The second-order valence-corrected chi connectivity index (χ2v) is 6.73. The van der Waals surface area contributed by atoms with Gasteiger partial charge in [0.2, 0.25) is 0 Å². The molecule has 0 radical (unpaired) electrons. The summed E-state index contributed by atoms with van der Waals surface area (Å²) in [6.45, 7) is 14.1. The van der Waals surface area contributed by atoms with Gasteiger partial charge in [0.05, 0.1) is 6.61 Å². The van der Waals surface area contributed by atoms with Crippen LogP contribution in [0.25, 0.3) is 0 Å². The Balaban J connectivity index is 2.23. The molecule has 1 rings (SSSR count). The third-order valence-corrected chi connectivity index (χ3v) is 3.40. The van der Waals surface area contributed by atoms with Gasteiger partial charge < -0.3 is 10.1 Å². The molecule has 1 saturated carbocycles. The minimum atomic E-state index is 0.201. The van der Waals surface area contributed by atoms with Crippen LogP contribution >= 0.6 is 0 Å². The molecule has 0 aromatic carbocycles. The lowest BCUT2D eigenvalue weighted by Crippen LogP contribution is -2.44. The van der Waals surface area contributed by atoms with Crippen LogP contribution < -0.4 is 5.32 Å². The van der Waals surface area contributed by atoms with Crippen LogP contribution in [0.4, 0.5) is 0 Å². The van der Waals surface area contributed by atoms with Crippen LogP contribution in [-0.2, 0) is 4.74 Å². The smallest absolute Gasteiger partial charge is 0.0531 e. The van der Waals surface area contributed by atoms with E-state index in [2.05, 4.69) is 39.9 Å². The first kappa shape index (κ1) is 14.0. The van der Waals surface area contributed by atoms with Crippen molar-refractivity contribution in [1.29, 1.82) is 0 Å². The van der Waals surface area contributed by atoms with Crippen molar-refractivity contribution in [2.75, 3.05) is 19.8 Å². The predicted octanol–water partition coefficient (Wildman–Crippen LogP) is 3.22. The molecule has 0 heterocycles. The van der Waals surface area contributed by atoms with Crippen molar-refractivity contribution in [3.05, 3.63) is 0 Å². The number of ether oxygens (including phenoxy) is 1. The molecular weight excluding hydrogens is 198 g/mol. The topological polar surface area (TPSA) is 21.3 Å². The fraction of sp³-hybridized carbons (Fsp3) is 1.00. The van der Waals surface area contributed by atoms with E-state index in [4.69, 9.17) is 4.74 Å². The number of hydrogen-bond donors (Lipinski definition) is 1. The van der Waals surface area contributed by atoms with Gasteiger partial charge in [-0.15, -0.1) is 0 Å². The van der Waals surface area contributed by atoms with Crippen molar-refractivity contribution in [1.82, 2.24) is 5.32 Å². The minimum absolute atomic E-state index is 0.201. The molecule has 0 saturated heterocycles. The minimum Gasteiger partial charge on any atom is -0.381 e. The summed E-state index contributed by atoms with van der Waals surface area (Å²) in [6, 6.07) is 0. The van der Waals surface area contributed by atoms with E-state index in [1.807, 2.05) is 0 Å². The molecule has 2 nitrogen and oxygen atoms in total. The molecule has 1 aliphatic carbocycles. The van der Waals surface area contributed by atoms with E-state index in [9.17, 15) is 0 Å². The maximum atomic E-state index is 5.84. The summed E-state index contributed by atoms with van der Waals surface area (Å²) in [6.07, 6.45) is 3.92. The van der Waals surface area contributed by atoms with E-state index >= 15 is 0 Å². The number of hydrogen-bond acceptors (Lipinski definition) is 2. The Hall–Kier alpha value is -0.0800. The monoisotopic (exact) mass is 227 g/mol. The van der Waals surface area contributed by atoms with Gasteiger partial charge in [0.15, 0.2) is 0 Å². The largest absolute Gasteiger partial charge is 0.381 e. The first-order valence-electron chi connectivity index (χ1n) is 6.67. The zero-order valence-electron chi connectivity index (χ0n) is 11.7. The van der Waals surface area contributed by atoms with Crippen LogP contribution in [0.3, 0.4) is 0 Å². The first-order chi connectivity index (χ1) is 7.35. The Kier molecular flexibility index (Phi) is 4.81. The molecule has 1 atom stereocenters. The van der Waals surface area contributed by atoms with E-state index in [-0.39, 0.29) is 11.0 Å². The Morgan fingerprint density at radius 3 is 2.25 bits per heavy atom. The Morgan fingerprint density at radius 2 is 1.81 bits per heavy atom. The molecule has 1 aliphatic rings. The molecule has 16 heavy (non-hydrogen) atoms. The molecule has 0 amide bonds. The molecule has 0 bridgehead atoms. The van der Waals surface area contributed by atoms with Crippen molar-refractivity contribution >= 4 is 0 Å². The summed E-state index contributed by atoms with van der Waals surface area (Å²) in [5.41, 5.74) is 0.481. The summed E-state index contributed by atoms with van der Waals surface area (Å²) in [5, 5.41) is 3.59. The Morgan fingerprint density at radius 1 is 1.19 bits per heavy atom. The summed E-state index contributed by atoms with van der Waals surface area (Å²) >= 11 is 0. The normalized spacial score (nSPS) is 20.8. The van der Waals surface area contributed by atoms with Gasteiger partial charge in [-0.3, -0.25) is 0 Å². The molecule has 1 unspecified atom stereocenters. The molecule has 1 N–H and O–H groups in total. The summed E-state index contributed by atoms with van der Waals surface area (Å²) in [7, 11) is 0. The highest BCUT2D eigenvalue weighted by Crippen LogP contribution is 2.30. The average Bonchev–Trinajstić information content (AvgIpc) is 2.98. The summed E-state index contributed by atoms with van der Waals surface area (Å²) < 4.78 is 5.84. The second kappa shape index (κ2) is 5.50. The SMILES string of the molecule is CCC(C)(CNC(C)(C)C)COCC1CC1. The maximum absolute atomic E-state index is 5.84. The molecule has 0 aromatic heterocycles.